The van der Waals surface area contributed by atoms with Crippen LogP contribution in [0.15, 0.2) is 91.0 Å². The van der Waals surface area contributed by atoms with Crippen LogP contribution in [0.5, 0.6) is 0 Å². The summed E-state index contributed by atoms with van der Waals surface area (Å²) in [6.45, 7) is 2.05. The molecular formula is C29H32ClNO5. The molecule has 1 aliphatic rings. The molecule has 7 heteroatoms. The van der Waals surface area contributed by atoms with Crippen molar-refractivity contribution >= 4 is 17.5 Å². The first-order valence-corrected chi connectivity index (χ1v) is 12.6. The molecule has 0 aromatic heterocycles. The van der Waals surface area contributed by atoms with Crippen molar-refractivity contribution in [2.24, 2.45) is 5.92 Å². The van der Waals surface area contributed by atoms with Crippen LogP contribution in [0.2, 0.25) is 0 Å². The Bertz CT molecular complexity index is 1000. The van der Waals surface area contributed by atoms with Gasteiger partial charge in [0.25, 0.3) is 0 Å². The Labute approximate surface area is 217 Å². The number of nitrogens with one attached hydrogen (secondary N) is 1. The van der Waals surface area contributed by atoms with Crippen molar-refractivity contribution in [2.75, 3.05) is 19.6 Å². The SMILES string of the molecule is COC1OC(COC(c2ccccc2)(c2ccccc2)c2ccccc2)C(C)C(O)C1NC(=O)CCl. The van der Waals surface area contributed by atoms with Gasteiger partial charge in [0.2, 0.25) is 5.91 Å². The molecule has 1 heterocycles. The maximum absolute atomic E-state index is 11.9. The number of hydrogen-bond donors (Lipinski definition) is 2. The molecule has 0 aliphatic carbocycles. The third-order valence-electron chi connectivity index (χ3n) is 6.78. The van der Waals surface area contributed by atoms with E-state index in [0.717, 1.165) is 16.7 Å². The second-order valence-electron chi connectivity index (χ2n) is 8.95. The third-order valence-corrected chi connectivity index (χ3v) is 7.02. The Morgan fingerprint density at radius 2 is 1.42 bits per heavy atom. The van der Waals surface area contributed by atoms with E-state index in [1.54, 1.807) is 0 Å². The van der Waals surface area contributed by atoms with E-state index in [1.165, 1.54) is 7.11 Å². The quantitative estimate of drug-likeness (QED) is 0.335. The van der Waals surface area contributed by atoms with Crippen LogP contribution in [-0.4, -0.2) is 55.2 Å². The smallest absolute Gasteiger partial charge is 0.235 e. The van der Waals surface area contributed by atoms with E-state index in [0.29, 0.717) is 0 Å². The minimum atomic E-state index is -0.913. The summed E-state index contributed by atoms with van der Waals surface area (Å²) < 4.78 is 18.6. The van der Waals surface area contributed by atoms with E-state index >= 15 is 0 Å². The Balaban J connectivity index is 1.70. The van der Waals surface area contributed by atoms with Crippen LogP contribution in [0.25, 0.3) is 0 Å². The topological polar surface area (TPSA) is 77.0 Å². The molecule has 1 fully saturated rings. The maximum Gasteiger partial charge on any atom is 0.235 e. The Kier molecular flexibility index (Phi) is 8.77. The number of carbonyl (C=O) groups is 1. The molecule has 1 aliphatic heterocycles. The first-order valence-electron chi connectivity index (χ1n) is 12.0. The summed E-state index contributed by atoms with van der Waals surface area (Å²) in [7, 11) is 1.48. The Morgan fingerprint density at radius 1 is 0.944 bits per heavy atom. The summed E-state index contributed by atoms with van der Waals surface area (Å²) in [5.41, 5.74) is 2.01. The van der Waals surface area contributed by atoms with Crippen LogP contribution in [-0.2, 0) is 24.6 Å². The second-order valence-corrected chi connectivity index (χ2v) is 9.21. The highest BCUT2D eigenvalue weighted by molar-refractivity contribution is 6.27. The van der Waals surface area contributed by atoms with Crippen LogP contribution < -0.4 is 5.32 Å². The van der Waals surface area contributed by atoms with Crippen LogP contribution >= 0.6 is 11.6 Å². The predicted molar refractivity (Wildman–Crippen MR) is 139 cm³/mol. The van der Waals surface area contributed by atoms with Crippen LogP contribution in [0, 0.1) is 5.92 Å². The normalized spacial score (nSPS) is 24.3. The zero-order chi connectivity index (χ0) is 25.5. The average Bonchev–Trinajstić information content (AvgIpc) is 2.94. The molecule has 6 nitrogen and oxygen atoms in total. The van der Waals surface area contributed by atoms with Crippen molar-refractivity contribution in [1.29, 1.82) is 0 Å². The first kappa shape index (κ1) is 26.3. The summed E-state index contributed by atoms with van der Waals surface area (Å²) in [4.78, 5) is 11.9. The molecular weight excluding hydrogens is 478 g/mol. The summed E-state index contributed by atoms with van der Waals surface area (Å²) in [6.07, 6.45) is -2.26. The fourth-order valence-electron chi connectivity index (χ4n) is 4.84. The number of ether oxygens (including phenoxy) is 3. The lowest BCUT2D eigenvalue weighted by atomic mass is 9.80. The molecule has 5 atom stereocenters. The van der Waals surface area contributed by atoms with Gasteiger partial charge in [0.05, 0.1) is 18.8 Å². The summed E-state index contributed by atoms with van der Waals surface area (Å²) in [5.74, 6) is -0.963. The highest BCUT2D eigenvalue weighted by Crippen LogP contribution is 2.41. The number of aliphatic hydroxyl groups is 1. The van der Waals surface area contributed by atoms with E-state index in [9.17, 15) is 9.90 Å². The van der Waals surface area contributed by atoms with Gasteiger partial charge in [0.1, 0.15) is 17.5 Å². The van der Waals surface area contributed by atoms with Crippen LogP contribution in [0.3, 0.4) is 0 Å². The number of alkyl halides is 1. The highest BCUT2D eigenvalue weighted by atomic mass is 35.5. The zero-order valence-electron chi connectivity index (χ0n) is 20.4. The maximum atomic E-state index is 11.9. The average molecular weight is 510 g/mol. The number of rotatable bonds is 9. The molecule has 4 rings (SSSR count). The van der Waals surface area contributed by atoms with Crippen LogP contribution in [0.4, 0.5) is 0 Å². The van der Waals surface area contributed by atoms with E-state index in [2.05, 4.69) is 41.7 Å². The molecule has 1 amide bonds. The van der Waals surface area contributed by atoms with Gasteiger partial charge in [0, 0.05) is 13.0 Å². The zero-order valence-corrected chi connectivity index (χ0v) is 21.2. The van der Waals surface area contributed by atoms with E-state index in [4.69, 9.17) is 25.8 Å². The van der Waals surface area contributed by atoms with E-state index < -0.39 is 36.0 Å². The van der Waals surface area contributed by atoms with Gasteiger partial charge < -0.3 is 24.6 Å². The van der Waals surface area contributed by atoms with Gasteiger partial charge in [-0.3, -0.25) is 4.79 Å². The molecule has 0 saturated carbocycles. The minimum Gasteiger partial charge on any atom is -0.390 e. The molecule has 36 heavy (non-hydrogen) atoms. The molecule has 190 valence electrons. The van der Waals surface area contributed by atoms with Crippen molar-refractivity contribution in [1.82, 2.24) is 5.32 Å². The van der Waals surface area contributed by atoms with Gasteiger partial charge in [-0.25, -0.2) is 0 Å². The van der Waals surface area contributed by atoms with Crippen molar-refractivity contribution in [3.63, 3.8) is 0 Å². The van der Waals surface area contributed by atoms with Gasteiger partial charge in [-0.15, -0.1) is 11.6 Å². The molecule has 0 spiro atoms. The molecule has 1 saturated heterocycles. The lowest BCUT2D eigenvalue weighted by molar-refractivity contribution is -0.253. The second kappa shape index (κ2) is 12.0. The number of aliphatic hydroxyl groups excluding tert-OH is 1. The summed E-state index contributed by atoms with van der Waals surface area (Å²) >= 11 is 5.65. The van der Waals surface area contributed by atoms with Gasteiger partial charge in [-0.1, -0.05) is 97.9 Å². The molecule has 0 bridgehead atoms. The minimum absolute atomic E-state index is 0.174. The lowest BCUT2D eigenvalue weighted by Gasteiger charge is -2.44. The number of halogens is 1. The number of benzene rings is 3. The largest absolute Gasteiger partial charge is 0.390 e. The number of amides is 1. The Morgan fingerprint density at radius 3 is 1.83 bits per heavy atom. The lowest BCUT2D eigenvalue weighted by Crippen LogP contribution is -2.62. The van der Waals surface area contributed by atoms with Gasteiger partial charge in [0.15, 0.2) is 6.29 Å². The van der Waals surface area contributed by atoms with Gasteiger partial charge in [-0.05, 0) is 16.7 Å². The number of carbonyl (C=O) groups excluding carboxylic acids is 1. The molecule has 3 aromatic rings. The third kappa shape index (κ3) is 5.33. The van der Waals surface area contributed by atoms with Crippen molar-refractivity contribution in [3.05, 3.63) is 108 Å². The summed E-state index contributed by atoms with van der Waals surface area (Å²) in [5, 5.41) is 13.8. The predicted octanol–water partition coefficient (Wildman–Crippen LogP) is 4.09. The number of hydrogen-bond acceptors (Lipinski definition) is 5. The first-order chi connectivity index (χ1) is 17.5. The van der Waals surface area contributed by atoms with Crippen LogP contribution in [0.1, 0.15) is 23.6 Å². The van der Waals surface area contributed by atoms with Crippen molar-refractivity contribution in [3.8, 4) is 0 Å². The fourth-order valence-corrected chi connectivity index (χ4v) is 4.91. The highest BCUT2D eigenvalue weighted by Gasteiger charge is 2.46. The van der Waals surface area contributed by atoms with E-state index in [-0.39, 0.29) is 18.4 Å². The molecule has 3 aromatic carbocycles. The van der Waals surface area contributed by atoms with Gasteiger partial charge >= 0.3 is 0 Å². The standard InChI is InChI=1S/C29H32ClNO5/c1-20-24(36-28(34-2)26(27(20)33)31-25(32)18-30)19-35-29(21-12-6-3-7-13-21,22-14-8-4-9-15-22)23-16-10-5-11-17-23/h3-17,20,24,26-28,33H,18-19H2,1-2H3,(H,31,32). The summed E-state index contributed by atoms with van der Waals surface area (Å²) in [6, 6.07) is 29.5. The Hall–Kier alpha value is -2.74. The van der Waals surface area contributed by atoms with Crippen molar-refractivity contribution < 1.29 is 24.1 Å². The van der Waals surface area contributed by atoms with E-state index in [1.807, 2.05) is 61.5 Å². The number of methoxy groups -OCH3 is 1. The van der Waals surface area contributed by atoms with Crippen molar-refractivity contribution in [2.45, 2.75) is 37.1 Å². The molecule has 0 radical (unpaired) electrons. The monoisotopic (exact) mass is 509 g/mol. The molecule has 2 N–H and O–H groups in total. The fraction of sp³-hybridized carbons (Fsp3) is 0.345. The van der Waals surface area contributed by atoms with Gasteiger partial charge in [-0.2, -0.15) is 0 Å². The molecule has 5 unspecified atom stereocenters.